The van der Waals surface area contributed by atoms with E-state index in [4.69, 9.17) is 0 Å². The molecule has 2 rings (SSSR count). The lowest BCUT2D eigenvalue weighted by molar-refractivity contribution is 0.0786. The van der Waals surface area contributed by atoms with Gasteiger partial charge in [0, 0.05) is 0 Å². The van der Waals surface area contributed by atoms with E-state index in [0.29, 0.717) is 0 Å². The Kier molecular flexibility index (Phi) is 3.75. The van der Waals surface area contributed by atoms with E-state index < -0.39 is 5.60 Å². The third kappa shape index (κ3) is 3.29. The van der Waals surface area contributed by atoms with Crippen molar-refractivity contribution < 1.29 is 5.11 Å². The molecule has 0 heterocycles. The first kappa shape index (κ1) is 14.8. The quantitative estimate of drug-likeness (QED) is 0.823. The fourth-order valence-corrected chi connectivity index (χ4v) is 2.24. The van der Waals surface area contributed by atoms with Crippen molar-refractivity contribution in [2.45, 2.75) is 45.6 Å². The van der Waals surface area contributed by atoms with Gasteiger partial charge in [0.05, 0.1) is 5.60 Å². The number of hydrogen-bond donors (Lipinski definition) is 1. The summed E-state index contributed by atoms with van der Waals surface area (Å²) in [6.45, 7) is 10.3. The first-order valence-electron chi connectivity index (χ1n) is 7.12. The zero-order chi connectivity index (χ0) is 15.0. The Morgan fingerprint density at radius 2 is 1.30 bits per heavy atom. The highest BCUT2D eigenvalue weighted by Gasteiger charge is 2.16. The van der Waals surface area contributed by atoms with Crippen LogP contribution in [0.15, 0.2) is 48.5 Å². The van der Waals surface area contributed by atoms with Gasteiger partial charge in [-0.15, -0.1) is 0 Å². The van der Waals surface area contributed by atoms with Gasteiger partial charge in [-0.25, -0.2) is 0 Å². The largest absolute Gasteiger partial charge is 0.386 e. The van der Waals surface area contributed by atoms with Gasteiger partial charge in [0.1, 0.15) is 0 Å². The summed E-state index contributed by atoms with van der Waals surface area (Å²) in [5.41, 5.74) is 3.97. The maximum absolute atomic E-state index is 10.1. The van der Waals surface area contributed by atoms with Gasteiger partial charge in [0.15, 0.2) is 0 Å². The summed E-state index contributed by atoms with van der Waals surface area (Å²) < 4.78 is 0. The van der Waals surface area contributed by atoms with Crippen molar-refractivity contribution in [1.29, 1.82) is 0 Å². The van der Waals surface area contributed by atoms with E-state index in [1.165, 1.54) is 11.1 Å². The predicted octanol–water partition coefficient (Wildman–Crippen LogP) is 4.88. The summed E-state index contributed by atoms with van der Waals surface area (Å²) in [6, 6.07) is 16.8. The van der Waals surface area contributed by atoms with Crippen molar-refractivity contribution in [2.24, 2.45) is 0 Å². The molecule has 0 atom stereocenters. The molecule has 1 nitrogen and oxygen atoms in total. The minimum atomic E-state index is -0.804. The normalized spacial score (nSPS) is 12.5. The summed E-state index contributed by atoms with van der Waals surface area (Å²) in [5.74, 6) is 0. The molecule has 0 aliphatic heterocycles. The van der Waals surface area contributed by atoms with Gasteiger partial charge in [-0.1, -0.05) is 63.2 Å². The van der Waals surface area contributed by atoms with Crippen LogP contribution in [0.5, 0.6) is 0 Å². The number of hydrogen-bond acceptors (Lipinski definition) is 1. The molecule has 20 heavy (non-hydrogen) atoms. The van der Waals surface area contributed by atoms with Gasteiger partial charge in [-0.05, 0) is 47.6 Å². The molecule has 0 aliphatic rings. The van der Waals surface area contributed by atoms with Crippen LogP contribution in [0, 0.1) is 0 Å². The van der Waals surface area contributed by atoms with Crippen LogP contribution in [0.3, 0.4) is 0 Å². The van der Waals surface area contributed by atoms with E-state index >= 15 is 0 Å². The molecule has 0 radical (unpaired) electrons. The van der Waals surface area contributed by atoms with Gasteiger partial charge in [-0.2, -0.15) is 0 Å². The Balaban J connectivity index is 2.38. The average Bonchev–Trinajstić information content (AvgIpc) is 2.37. The van der Waals surface area contributed by atoms with E-state index in [0.717, 1.165) is 11.1 Å². The molecule has 106 valence electrons. The summed E-state index contributed by atoms with van der Waals surface area (Å²) in [7, 11) is 0. The first-order chi connectivity index (χ1) is 9.18. The van der Waals surface area contributed by atoms with Crippen molar-refractivity contribution in [3.63, 3.8) is 0 Å². The van der Waals surface area contributed by atoms with Crippen LogP contribution in [-0.2, 0) is 11.0 Å². The molecule has 0 unspecified atom stereocenters. The number of benzene rings is 2. The highest BCUT2D eigenvalue weighted by atomic mass is 16.3. The lowest BCUT2D eigenvalue weighted by atomic mass is 9.86. The minimum Gasteiger partial charge on any atom is -0.386 e. The van der Waals surface area contributed by atoms with Gasteiger partial charge in [-0.3, -0.25) is 0 Å². The Morgan fingerprint density at radius 3 is 1.80 bits per heavy atom. The first-order valence-corrected chi connectivity index (χ1v) is 7.12. The van der Waals surface area contributed by atoms with Crippen molar-refractivity contribution in [3.8, 4) is 11.1 Å². The lowest BCUT2D eigenvalue weighted by Crippen LogP contribution is -2.15. The van der Waals surface area contributed by atoms with Gasteiger partial charge in [0.25, 0.3) is 0 Å². The summed E-state index contributed by atoms with van der Waals surface area (Å²) in [4.78, 5) is 0. The molecule has 1 N–H and O–H groups in total. The summed E-state index contributed by atoms with van der Waals surface area (Å²) in [5, 5.41) is 10.1. The third-order valence-electron chi connectivity index (χ3n) is 3.65. The zero-order valence-electron chi connectivity index (χ0n) is 13.1. The standard InChI is InChI=1S/C19H24O/c1-18(2,3)16-11-9-14(10-12-16)15-7-6-8-17(13-15)19(4,5)20/h6-13,20H,1-5H3. The Morgan fingerprint density at radius 1 is 0.700 bits per heavy atom. The van der Waals surface area contributed by atoms with E-state index in [2.05, 4.69) is 57.2 Å². The molecule has 2 aromatic rings. The Bertz CT molecular complexity index is 580. The second-order valence-corrected chi connectivity index (χ2v) is 6.97. The molecule has 0 aliphatic carbocycles. The van der Waals surface area contributed by atoms with Crippen LogP contribution in [-0.4, -0.2) is 5.11 Å². The molecule has 0 amide bonds. The van der Waals surface area contributed by atoms with Crippen LogP contribution in [0.25, 0.3) is 11.1 Å². The molecule has 1 heteroatoms. The number of aliphatic hydroxyl groups is 1. The van der Waals surface area contributed by atoms with E-state index in [9.17, 15) is 5.11 Å². The van der Waals surface area contributed by atoms with E-state index in [-0.39, 0.29) is 5.41 Å². The van der Waals surface area contributed by atoms with E-state index in [1.54, 1.807) is 0 Å². The van der Waals surface area contributed by atoms with Crippen LogP contribution in [0.4, 0.5) is 0 Å². The second-order valence-electron chi connectivity index (χ2n) is 6.97. The topological polar surface area (TPSA) is 20.2 Å². The van der Waals surface area contributed by atoms with Gasteiger partial charge >= 0.3 is 0 Å². The molecule has 0 saturated heterocycles. The van der Waals surface area contributed by atoms with Crippen LogP contribution < -0.4 is 0 Å². The Labute approximate surface area is 122 Å². The second kappa shape index (κ2) is 5.06. The zero-order valence-corrected chi connectivity index (χ0v) is 13.1. The highest BCUT2D eigenvalue weighted by Crippen LogP contribution is 2.28. The van der Waals surface area contributed by atoms with Gasteiger partial charge in [0.2, 0.25) is 0 Å². The van der Waals surface area contributed by atoms with Crippen LogP contribution >= 0.6 is 0 Å². The average molecular weight is 268 g/mol. The molecule has 0 aromatic heterocycles. The SMILES string of the molecule is CC(C)(C)c1ccc(-c2cccc(C(C)(C)O)c2)cc1. The molecule has 0 spiro atoms. The minimum absolute atomic E-state index is 0.174. The van der Waals surface area contributed by atoms with Crippen molar-refractivity contribution in [3.05, 3.63) is 59.7 Å². The summed E-state index contributed by atoms with van der Waals surface area (Å²) in [6.07, 6.45) is 0. The maximum atomic E-state index is 10.1. The molecule has 0 saturated carbocycles. The summed E-state index contributed by atoms with van der Waals surface area (Å²) >= 11 is 0. The fraction of sp³-hybridized carbons (Fsp3) is 0.368. The molecule has 0 bridgehead atoms. The molecule has 0 fully saturated rings. The molecule has 2 aromatic carbocycles. The van der Waals surface area contributed by atoms with Crippen LogP contribution in [0.2, 0.25) is 0 Å². The van der Waals surface area contributed by atoms with Crippen molar-refractivity contribution in [2.75, 3.05) is 0 Å². The predicted molar refractivity (Wildman–Crippen MR) is 85.8 cm³/mol. The molecular formula is C19H24O. The van der Waals surface area contributed by atoms with Crippen molar-refractivity contribution >= 4 is 0 Å². The monoisotopic (exact) mass is 268 g/mol. The Hall–Kier alpha value is -1.60. The lowest BCUT2D eigenvalue weighted by Gasteiger charge is -2.20. The molecular weight excluding hydrogens is 244 g/mol. The smallest absolute Gasteiger partial charge is 0.0840 e. The third-order valence-corrected chi connectivity index (χ3v) is 3.65. The van der Waals surface area contributed by atoms with Gasteiger partial charge < -0.3 is 5.11 Å². The maximum Gasteiger partial charge on any atom is 0.0840 e. The number of rotatable bonds is 2. The van der Waals surface area contributed by atoms with E-state index in [1.807, 2.05) is 26.0 Å². The van der Waals surface area contributed by atoms with Crippen molar-refractivity contribution in [1.82, 2.24) is 0 Å². The fourth-order valence-electron chi connectivity index (χ4n) is 2.24. The highest BCUT2D eigenvalue weighted by molar-refractivity contribution is 5.65. The van der Waals surface area contributed by atoms with Crippen LogP contribution in [0.1, 0.15) is 45.7 Å².